The van der Waals surface area contributed by atoms with Gasteiger partial charge in [-0.15, -0.1) is 0 Å². The predicted molar refractivity (Wildman–Crippen MR) is 51.1 cm³/mol. The molecule has 4 nitrogen and oxygen atoms in total. The van der Waals surface area contributed by atoms with E-state index in [2.05, 4.69) is 12.0 Å². The molecule has 0 spiro atoms. The Morgan fingerprint density at radius 1 is 1.64 bits per heavy atom. The lowest BCUT2D eigenvalue weighted by molar-refractivity contribution is 0.0598. The number of carbonyl (C=O) groups is 1. The Morgan fingerprint density at radius 2 is 2.29 bits per heavy atom. The molecule has 2 rings (SSSR count). The van der Waals surface area contributed by atoms with Crippen LogP contribution in [-0.4, -0.2) is 22.9 Å². The third kappa shape index (κ3) is 1.22. The Bertz CT molecular complexity index is 377. The smallest absolute Gasteiger partial charge is 0.341 e. The zero-order valence-corrected chi connectivity index (χ0v) is 8.70. The van der Waals surface area contributed by atoms with Crippen LogP contribution in [0.4, 0.5) is 0 Å². The fourth-order valence-electron chi connectivity index (χ4n) is 1.84. The molecular formula is C10H14N2O2. The SMILES string of the molecule is COC(=O)c1cnn(C)c1C1(C)CC1. The first-order chi connectivity index (χ1) is 6.58. The van der Waals surface area contributed by atoms with Gasteiger partial charge in [0.1, 0.15) is 5.56 Å². The molecule has 76 valence electrons. The van der Waals surface area contributed by atoms with Crippen molar-refractivity contribution in [3.63, 3.8) is 0 Å². The third-order valence-corrected chi connectivity index (χ3v) is 2.92. The second-order valence-electron chi connectivity index (χ2n) is 4.08. The van der Waals surface area contributed by atoms with Crippen LogP contribution in [0.25, 0.3) is 0 Å². The highest BCUT2D eigenvalue weighted by molar-refractivity contribution is 5.90. The van der Waals surface area contributed by atoms with Gasteiger partial charge in [-0.1, -0.05) is 6.92 Å². The average Bonchev–Trinajstić information content (AvgIpc) is 2.76. The molecule has 1 saturated carbocycles. The molecular weight excluding hydrogens is 180 g/mol. The number of aromatic nitrogens is 2. The molecule has 4 heteroatoms. The zero-order chi connectivity index (χ0) is 10.3. The van der Waals surface area contributed by atoms with Gasteiger partial charge in [0.05, 0.1) is 19.0 Å². The predicted octanol–water partition coefficient (Wildman–Crippen LogP) is 1.26. The van der Waals surface area contributed by atoms with Crippen molar-refractivity contribution in [3.05, 3.63) is 17.5 Å². The minimum absolute atomic E-state index is 0.134. The van der Waals surface area contributed by atoms with Gasteiger partial charge in [-0.3, -0.25) is 4.68 Å². The Labute approximate surface area is 82.9 Å². The number of rotatable bonds is 2. The first-order valence-corrected chi connectivity index (χ1v) is 4.69. The van der Waals surface area contributed by atoms with Gasteiger partial charge in [0.15, 0.2) is 0 Å². The lowest BCUT2D eigenvalue weighted by Crippen LogP contribution is -2.14. The second kappa shape index (κ2) is 2.83. The van der Waals surface area contributed by atoms with Gasteiger partial charge in [0, 0.05) is 12.5 Å². The molecule has 0 saturated heterocycles. The van der Waals surface area contributed by atoms with Gasteiger partial charge in [0.25, 0.3) is 0 Å². The normalized spacial score (nSPS) is 17.9. The fourth-order valence-corrected chi connectivity index (χ4v) is 1.84. The van der Waals surface area contributed by atoms with Crippen LogP contribution in [0.1, 0.15) is 35.8 Å². The summed E-state index contributed by atoms with van der Waals surface area (Å²) in [4.78, 5) is 11.4. The number of aryl methyl sites for hydroxylation is 1. The van der Waals surface area contributed by atoms with Crippen LogP contribution in [0, 0.1) is 0 Å². The van der Waals surface area contributed by atoms with Crippen molar-refractivity contribution in [2.75, 3.05) is 7.11 Å². The van der Waals surface area contributed by atoms with Crippen molar-refractivity contribution in [2.24, 2.45) is 7.05 Å². The molecule has 1 aromatic rings. The van der Waals surface area contributed by atoms with Crippen molar-refractivity contribution in [1.82, 2.24) is 9.78 Å². The molecule has 0 aromatic carbocycles. The Balaban J connectivity index is 2.46. The van der Waals surface area contributed by atoms with Gasteiger partial charge >= 0.3 is 5.97 Å². The standard InChI is InChI=1S/C10H14N2O2/c1-10(4-5-10)8-7(9(13)14-3)6-11-12(8)2/h6H,4-5H2,1-3H3. The summed E-state index contributed by atoms with van der Waals surface area (Å²) >= 11 is 0. The lowest BCUT2D eigenvalue weighted by atomic mass is 10.0. The van der Waals surface area contributed by atoms with E-state index in [1.165, 1.54) is 7.11 Å². The number of esters is 1. The van der Waals surface area contributed by atoms with E-state index in [9.17, 15) is 4.79 Å². The van der Waals surface area contributed by atoms with Gasteiger partial charge in [-0.2, -0.15) is 5.10 Å². The minimum Gasteiger partial charge on any atom is -0.465 e. The van der Waals surface area contributed by atoms with Gasteiger partial charge < -0.3 is 4.74 Å². The molecule has 14 heavy (non-hydrogen) atoms. The summed E-state index contributed by atoms with van der Waals surface area (Å²) in [5.41, 5.74) is 1.74. The van der Waals surface area contributed by atoms with Crippen molar-refractivity contribution in [2.45, 2.75) is 25.2 Å². The number of nitrogens with zero attached hydrogens (tertiary/aromatic N) is 2. The van der Waals surface area contributed by atoms with E-state index in [0.717, 1.165) is 18.5 Å². The number of hydrogen-bond acceptors (Lipinski definition) is 3. The molecule has 1 aliphatic carbocycles. The summed E-state index contributed by atoms with van der Waals surface area (Å²) in [7, 11) is 3.26. The van der Waals surface area contributed by atoms with Crippen LogP contribution in [0.2, 0.25) is 0 Å². The summed E-state index contributed by atoms with van der Waals surface area (Å²) < 4.78 is 6.50. The van der Waals surface area contributed by atoms with Gasteiger partial charge in [-0.25, -0.2) is 4.79 Å². The average molecular weight is 194 g/mol. The summed E-state index contributed by atoms with van der Waals surface area (Å²) in [5.74, 6) is -0.291. The highest BCUT2D eigenvalue weighted by Gasteiger charge is 2.44. The van der Waals surface area contributed by atoms with Crippen LogP contribution in [0.3, 0.4) is 0 Å². The second-order valence-corrected chi connectivity index (χ2v) is 4.08. The summed E-state index contributed by atoms with van der Waals surface area (Å²) in [6.45, 7) is 2.15. The van der Waals surface area contributed by atoms with Crippen molar-refractivity contribution in [3.8, 4) is 0 Å². The monoisotopic (exact) mass is 194 g/mol. The van der Waals surface area contributed by atoms with Crippen LogP contribution in [-0.2, 0) is 17.2 Å². The number of methoxy groups -OCH3 is 1. The maximum atomic E-state index is 11.4. The lowest BCUT2D eigenvalue weighted by Gasteiger charge is -2.10. The zero-order valence-electron chi connectivity index (χ0n) is 8.70. The van der Waals surface area contributed by atoms with E-state index in [4.69, 9.17) is 4.74 Å². The molecule has 1 aromatic heterocycles. The first-order valence-electron chi connectivity index (χ1n) is 4.69. The van der Waals surface area contributed by atoms with Gasteiger partial charge in [0.2, 0.25) is 0 Å². The van der Waals surface area contributed by atoms with Crippen LogP contribution >= 0.6 is 0 Å². The van der Waals surface area contributed by atoms with E-state index >= 15 is 0 Å². The number of ether oxygens (including phenoxy) is 1. The van der Waals surface area contributed by atoms with E-state index < -0.39 is 0 Å². The fraction of sp³-hybridized carbons (Fsp3) is 0.600. The molecule has 0 radical (unpaired) electrons. The Kier molecular flexibility index (Phi) is 1.87. The molecule has 0 atom stereocenters. The Hall–Kier alpha value is -1.32. The molecule has 0 bridgehead atoms. The first kappa shape index (κ1) is 9.24. The molecule has 1 aliphatic rings. The molecule has 0 unspecified atom stereocenters. The van der Waals surface area contributed by atoms with Crippen molar-refractivity contribution < 1.29 is 9.53 Å². The molecule has 0 aliphatic heterocycles. The maximum Gasteiger partial charge on any atom is 0.341 e. The topological polar surface area (TPSA) is 44.1 Å². The molecule has 1 heterocycles. The van der Waals surface area contributed by atoms with E-state index in [1.807, 2.05) is 7.05 Å². The van der Waals surface area contributed by atoms with E-state index in [0.29, 0.717) is 5.56 Å². The van der Waals surface area contributed by atoms with Crippen LogP contribution in [0.15, 0.2) is 6.20 Å². The van der Waals surface area contributed by atoms with Crippen LogP contribution < -0.4 is 0 Å². The third-order valence-electron chi connectivity index (χ3n) is 2.92. The summed E-state index contributed by atoms with van der Waals surface area (Å²) in [6.07, 6.45) is 3.83. The largest absolute Gasteiger partial charge is 0.465 e. The van der Waals surface area contributed by atoms with Crippen molar-refractivity contribution >= 4 is 5.97 Å². The van der Waals surface area contributed by atoms with E-state index in [1.54, 1.807) is 10.9 Å². The van der Waals surface area contributed by atoms with E-state index in [-0.39, 0.29) is 11.4 Å². The van der Waals surface area contributed by atoms with Crippen LogP contribution in [0.5, 0.6) is 0 Å². The highest BCUT2D eigenvalue weighted by Crippen LogP contribution is 2.48. The molecule has 1 fully saturated rings. The maximum absolute atomic E-state index is 11.4. The summed E-state index contributed by atoms with van der Waals surface area (Å²) in [5, 5.41) is 4.11. The highest BCUT2D eigenvalue weighted by atomic mass is 16.5. The van der Waals surface area contributed by atoms with Crippen molar-refractivity contribution in [1.29, 1.82) is 0 Å². The minimum atomic E-state index is -0.291. The Morgan fingerprint density at radius 3 is 2.79 bits per heavy atom. The molecule has 0 N–H and O–H groups in total. The number of carbonyl (C=O) groups excluding carboxylic acids is 1. The number of hydrogen-bond donors (Lipinski definition) is 0. The molecule has 0 amide bonds. The van der Waals surface area contributed by atoms with Gasteiger partial charge in [-0.05, 0) is 12.8 Å². The quantitative estimate of drug-likeness (QED) is 0.666. The summed E-state index contributed by atoms with van der Waals surface area (Å²) in [6, 6.07) is 0.